The topological polar surface area (TPSA) is 78.5 Å². The van der Waals surface area contributed by atoms with E-state index in [1.807, 2.05) is 36.1 Å². The largest absolute Gasteiger partial charge is 0.351 e. The van der Waals surface area contributed by atoms with Crippen molar-refractivity contribution in [2.24, 2.45) is 11.8 Å². The molecule has 1 aliphatic carbocycles. The number of amides is 3. The van der Waals surface area contributed by atoms with E-state index in [4.69, 9.17) is 0 Å². The number of benzene rings is 1. The Morgan fingerprint density at radius 3 is 2.24 bits per heavy atom. The Hall–Kier alpha value is -2.37. The van der Waals surface area contributed by atoms with E-state index in [2.05, 4.69) is 24.5 Å². The molecule has 1 unspecified atom stereocenters. The van der Waals surface area contributed by atoms with Gasteiger partial charge in [0, 0.05) is 42.6 Å². The van der Waals surface area contributed by atoms with Gasteiger partial charge in [-0.1, -0.05) is 57.7 Å². The second-order valence-corrected chi connectivity index (χ2v) is 10.1. The van der Waals surface area contributed by atoms with E-state index in [-0.39, 0.29) is 41.6 Å². The van der Waals surface area contributed by atoms with Crippen LogP contribution in [0.15, 0.2) is 24.3 Å². The molecule has 34 heavy (non-hydrogen) atoms. The first kappa shape index (κ1) is 26.2. The van der Waals surface area contributed by atoms with Crippen molar-refractivity contribution in [1.82, 2.24) is 15.5 Å². The van der Waals surface area contributed by atoms with Crippen LogP contribution in [0.2, 0.25) is 0 Å². The third kappa shape index (κ3) is 6.83. The van der Waals surface area contributed by atoms with Gasteiger partial charge < -0.3 is 15.5 Å². The number of piperidine rings is 1. The lowest BCUT2D eigenvalue weighted by Crippen LogP contribution is -2.55. The average molecular weight is 470 g/mol. The first-order valence-corrected chi connectivity index (χ1v) is 13.4. The lowest BCUT2D eigenvalue weighted by molar-refractivity contribution is -0.139. The number of rotatable bonds is 9. The molecule has 188 valence electrons. The van der Waals surface area contributed by atoms with Gasteiger partial charge in [-0.05, 0) is 57.1 Å². The van der Waals surface area contributed by atoms with Crippen LogP contribution in [0.25, 0.3) is 0 Å². The Balaban J connectivity index is 1.51. The standard InChI is InChI=1S/C28H43N3O3/c1-4-6-12-21(5-2)28(34)31-18-16-22(17-19-31)26(32)29-24-14-9-10-15-25(24)30-27(33)23-13-8-7-11-20(23)3/h7-8,11,13,21-22,24-25H,4-6,9-10,12,14-19H2,1-3H3,(H,29,32)(H,30,33)/t21?,24-,25-/m1/s1. The molecule has 1 saturated heterocycles. The summed E-state index contributed by atoms with van der Waals surface area (Å²) in [5.41, 5.74) is 1.65. The van der Waals surface area contributed by atoms with Gasteiger partial charge in [-0.15, -0.1) is 0 Å². The van der Waals surface area contributed by atoms with E-state index in [0.717, 1.165) is 69.8 Å². The maximum Gasteiger partial charge on any atom is 0.251 e. The summed E-state index contributed by atoms with van der Waals surface area (Å²) in [5.74, 6) is 0.331. The molecule has 0 bridgehead atoms. The third-order valence-electron chi connectivity index (χ3n) is 7.73. The van der Waals surface area contributed by atoms with Gasteiger partial charge in [-0.3, -0.25) is 14.4 Å². The number of carbonyl (C=O) groups is 3. The van der Waals surface area contributed by atoms with Gasteiger partial charge in [0.1, 0.15) is 0 Å². The molecular formula is C28H43N3O3. The van der Waals surface area contributed by atoms with Crippen LogP contribution in [0.3, 0.4) is 0 Å². The van der Waals surface area contributed by atoms with E-state index < -0.39 is 0 Å². The highest BCUT2D eigenvalue weighted by molar-refractivity contribution is 5.95. The molecule has 3 atom stereocenters. The third-order valence-corrected chi connectivity index (χ3v) is 7.73. The summed E-state index contributed by atoms with van der Waals surface area (Å²) in [7, 11) is 0. The summed E-state index contributed by atoms with van der Waals surface area (Å²) < 4.78 is 0. The molecule has 0 spiro atoms. The molecule has 0 radical (unpaired) electrons. The number of likely N-dealkylation sites (tertiary alicyclic amines) is 1. The number of nitrogens with one attached hydrogen (secondary N) is 2. The predicted molar refractivity (Wildman–Crippen MR) is 135 cm³/mol. The van der Waals surface area contributed by atoms with Gasteiger partial charge in [0.05, 0.1) is 0 Å². The van der Waals surface area contributed by atoms with E-state index in [1.54, 1.807) is 0 Å². The number of unbranched alkanes of at least 4 members (excludes halogenated alkanes) is 1. The van der Waals surface area contributed by atoms with Crippen molar-refractivity contribution in [2.45, 2.75) is 97.1 Å². The van der Waals surface area contributed by atoms with Gasteiger partial charge in [0.25, 0.3) is 5.91 Å². The number of aryl methyl sites for hydroxylation is 1. The number of hydrogen-bond donors (Lipinski definition) is 2. The van der Waals surface area contributed by atoms with Crippen LogP contribution in [0.4, 0.5) is 0 Å². The highest BCUT2D eigenvalue weighted by Gasteiger charge is 2.33. The molecule has 3 amide bonds. The molecule has 6 heteroatoms. The molecule has 0 aromatic heterocycles. The van der Waals surface area contributed by atoms with Gasteiger partial charge in [0.15, 0.2) is 0 Å². The van der Waals surface area contributed by atoms with Crippen LogP contribution in [0.1, 0.15) is 94.0 Å². The van der Waals surface area contributed by atoms with Crippen LogP contribution < -0.4 is 10.6 Å². The molecule has 1 aliphatic heterocycles. The van der Waals surface area contributed by atoms with Gasteiger partial charge in [-0.25, -0.2) is 0 Å². The Morgan fingerprint density at radius 1 is 0.971 bits per heavy atom. The smallest absolute Gasteiger partial charge is 0.251 e. The monoisotopic (exact) mass is 469 g/mol. The first-order valence-electron chi connectivity index (χ1n) is 13.4. The number of nitrogens with zero attached hydrogens (tertiary/aromatic N) is 1. The van der Waals surface area contributed by atoms with Gasteiger partial charge >= 0.3 is 0 Å². The fraction of sp³-hybridized carbons (Fsp3) is 0.679. The SMILES string of the molecule is CCCCC(CC)C(=O)N1CCC(C(=O)N[C@@H]2CCCC[C@H]2NC(=O)c2ccccc2C)CC1. The summed E-state index contributed by atoms with van der Waals surface area (Å²) in [5, 5.41) is 6.44. The minimum Gasteiger partial charge on any atom is -0.351 e. The summed E-state index contributed by atoms with van der Waals surface area (Å²) in [4.78, 5) is 40.8. The van der Waals surface area contributed by atoms with Crippen molar-refractivity contribution in [1.29, 1.82) is 0 Å². The Labute approximate surface area is 205 Å². The first-order chi connectivity index (χ1) is 16.4. The summed E-state index contributed by atoms with van der Waals surface area (Å²) in [6.45, 7) is 7.53. The quantitative estimate of drug-likeness (QED) is 0.554. The van der Waals surface area contributed by atoms with Crippen LogP contribution in [-0.2, 0) is 9.59 Å². The molecule has 3 rings (SSSR count). The van der Waals surface area contributed by atoms with Crippen LogP contribution in [0.5, 0.6) is 0 Å². The maximum atomic E-state index is 13.1. The molecule has 1 aromatic rings. The van der Waals surface area contributed by atoms with E-state index in [9.17, 15) is 14.4 Å². The lowest BCUT2D eigenvalue weighted by atomic mass is 9.88. The van der Waals surface area contributed by atoms with E-state index in [0.29, 0.717) is 18.7 Å². The summed E-state index contributed by atoms with van der Waals surface area (Å²) >= 11 is 0. The van der Waals surface area contributed by atoms with Crippen LogP contribution in [-0.4, -0.2) is 47.8 Å². The number of carbonyl (C=O) groups excluding carboxylic acids is 3. The Bertz CT molecular complexity index is 832. The van der Waals surface area contributed by atoms with E-state index in [1.165, 1.54) is 0 Å². The van der Waals surface area contributed by atoms with Crippen molar-refractivity contribution in [3.8, 4) is 0 Å². The lowest BCUT2D eigenvalue weighted by Gasteiger charge is -2.36. The van der Waals surface area contributed by atoms with Crippen molar-refractivity contribution in [2.75, 3.05) is 13.1 Å². The zero-order chi connectivity index (χ0) is 24.5. The summed E-state index contributed by atoms with van der Waals surface area (Å²) in [6.07, 6.45) is 9.37. The van der Waals surface area contributed by atoms with Crippen LogP contribution in [0, 0.1) is 18.8 Å². The van der Waals surface area contributed by atoms with Crippen molar-refractivity contribution in [3.63, 3.8) is 0 Å². The van der Waals surface area contributed by atoms with E-state index >= 15 is 0 Å². The van der Waals surface area contributed by atoms with Gasteiger partial charge in [0.2, 0.25) is 11.8 Å². The molecule has 1 heterocycles. The minimum atomic E-state index is -0.0652. The second-order valence-electron chi connectivity index (χ2n) is 10.1. The summed E-state index contributed by atoms with van der Waals surface area (Å²) in [6, 6.07) is 7.52. The van der Waals surface area contributed by atoms with Crippen molar-refractivity contribution >= 4 is 17.7 Å². The van der Waals surface area contributed by atoms with Crippen molar-refractivity contribution < 1.29 is 14.4 Å². The molecule has 1 saturated carbocycles. The molecule has 2 N–H and O–H groups in total. The highest BCUT2D eigenvalue weighted by atomic mass is 16.2. The van der Waals surface area contributed by atoms with Crippen LogP contribution >= 0.6 is 0 Å². The second kappa shape index (κ2) is 12.9. The predicted octanol–water partition coefficient (Wildman–Crippen LogP) is 4.61. The molecule has 2 aliphatic rings. The van der Waals surface area contributed by atoms with Gasteiger partial charge in [-0.2, -0.15) is 0 Å². The minimum absolute atomic E-state index is 0.0348. The fourth-order valence-corrected chi connectivity index (χ4v) is 5.42. The van der Waals surface area contributed by atoms with Crippen molar-refractivity contribution in [3.05, 3.63) is 35.4 Å². The Kier molecular flexibility index (Phi) is 9.97. The average Bonchev–Trinajstić information content (AvgIpc) is 2.85. The number of hydrogen-bond acceptors (Lipinski definition) is 3. The zero-order valence-corrected chi connectivity index (χ0v) is 21.3. The normalized spacial score (nSPS) is 22.1. The molecule has 1 aromatic carbocycles. The maximum absolute atomic E-state index is 13.1. The zero-order valence-electron chi connectivity index (χ0n) is 21.3. The molecular weight excluding hydrogens is 426 g/mol. The Morgan fingerprint density at radius 2 is 1.62 bits per heavy atom. The highest BCUT2D eigenvalue weighted by Crippen LogP contribution is 2.24. The molecule has 2 fully saturated rings. The fourth-order valence-electron chi connectivity index (χ4n) is 5.42. The molecule has 6 nitrogen and oxygen atoms in total.